The fourth-order valence-electron chi connectivity index (χ4n) is 3.65. The number of carbonyl (C=O) groups excluding carboxylic acids is 1. The van der Waals surface area contributed by atoms with Crippen molar-refractivity contribution in [1.29, 1.82) is 0 Å². The van der Waals surface area contributed by atoms with Crippen molar-refractivity contribution in [2.45, 2.75) is 25.7 Å². The molecule has 1 N–H and O–H groups in total. The van der Waals surface area contributed by atoms with Gasteiger partial charge in [-0.3, -0.25) is 4.79 Å². The minimum Gasteiger partial charge on any atom is -0.356 e. The van der Waals surface area contributed by atoms with E-state index in [1.165, 1.54) is 11.9 Å². The molecule has 0 radical (unpaired) electrons. The minimum absolute atomic E-state index is 0.124. The molecule has 0 spiro atoms. The molecular weight excluding hydrogens is 350 g/mol. The molecule has 1 aromatic heterocycles. The van der Waals surface area contributed by atoms with Crippen LogP contribution in [0, 0.1) is 5.92 Å². The number of hydrogen-bond donors (Lipinski definition) is 1. The fourth-order valence-corrected chi connectivity index (χ4v) is 3.65. The average molecular weight is 382 g/mol. The fraction of sp³-hybridized carbons (Fsp3) is 0.500. The number of benzene rings is 1. The summed E-state index contributed by atoms with van der Waals surface area (Å²) in [6.45, 7) is 3.55. The summed E-state index contributed by atoms with van der Waals surface area (Å²) in [4.78, 5) is 25.3. The molecular formula is C22H31N5O. The van der Waals surface area contributed by atoms with Crippen molar-refractivity contribution < 1.29 is 4.79 Å². The van der Waals surface area contributed by atoms with Crippen LogP contribution in [0.15, 0.2) is 42.7 Å². The van der Waals surface area contributed by atoms with Crippen molar-refractivity contribution in [2.75, 3.05) is 45.2 Å². The largest absolute Gasteiger partial charge is 0.356 e. The maximum absolute atomic E-state index is 12.3. The Morgan fingerprint density at radius 3 is 2.64 bits per heavy atom. The molecule has 28 heavy (non-hydrogen) atoms. The number of anilines is 1. The molecule has 0 unspecified atom stereocenters. The van der Waals surface area contributed by atoms with E-state index < -0.39 is 0 Å². The van der Waals surface area contributed by atoms with Gasteiger partial charge in [-0.2, -0.15) is 0 Å². The van der Waals surface area contributed by atoms with Gasteiger partial charge in [-0.25, -0.2) is 9.97 Å². The zero-order chi connectivity index (χ0) is 19.8. The number of aromatic nitrogens is 2. The molecule has 1 aliphatic rings. The Bertz CT molecular complexity index is 742. The zero-order valence-corrected chi connectivity index (χ0v) is 17.0. The van der Waals surface area contributed by atoms with Gasteiger partial charge in [0.25, 0.3) is 5.91 Å². The summed E-state index contributed by atoms with van der Waals surface area (Å²) in [7, 11) is 4.06. The number of carbonyl (C=O) groups is 1. The van der Waals surface area contributed by atoms with Crippen LogP contribution in [0.1, 0.15) is 35.3 Å². The van der Waals surface area contributed by atoms with Crippen LogP contribution < -0.4 is 10.2 Å². The molecule has 1 saturated heterocycles. The summed E-state index contributed by atoms with van der Waals surface area (Å²) in [5.41, 5.74) is 1.86. The molecule has 6 nitrogen and oxygen atoms in total. The summed E-state index contributed by atoms with van der Waals surface area (Å²) >= 11 is 0. The zero-order valence-electron chi connectivity index (χ0n) is 17.0. The van der Waals surface area contributed by atoms with Crippen LogP contribution in [0.2, 0.25) is 0 Å². The van der Waals surface area contributed by atoms with Crippen molar-refractivity contribution in [3.63, 3.8) is 0 Å². The van der Waals surface area contributed by atoms with Crippen molar-refractivity contribution in [2.24, 2.45) is 5.92 Å². The second-order valence-electron chi connectivity index (χ2n) is 7.79. The lowest BCUT2D eigenvalue weighted by Crippen LogP contribution is -2.35. The second-order valence-corrected chi connectivity index (χ2v) is 7.79. The lowest BCUT2D eigenvalue weighted by Gasteiger charge is -2.33. The second kappa shape index (κ2) is 10.2. The van der Waals surface area contributed by atoms with Crippen LogP contribution in [-0.2, 0) is 6.42 Å². The number of nitrogens with one attached hydrogen (secondary N) is 1. The van der Waals surface area contributed by atoms with E-state index in [0.29, 0.717) is 18.2 Å². The summed E-state index contributed by atoms with van der Waals surface area (Å²) in [5, 5.41) is 2.94. The van der Waals surface area contributed by atoms with E-state index in [4.69, 9.17) is 0 Å². The van der Waals surface area contributed by atoms with Gasteiger partial charge >= 0.3 is 0 Å². The van der Waals surface area contributed by atoms with E-state index in [2.05, 4.69) is 55.4 Å². The predicted molar refractivity (Wildman–Crippen MR) is 113 cm³/mol. The van der Waals surface area contributed by atoms with E-state index in [1.54, 1.807) is 0 Å². The topological polar surface area (TPSA) is 61.4 Å². The van der Waals surface area contributed by atoms with Crippen molar-refractivity contribution in [3.8, 4) is 0 Å². The molecule has 1 aliphatic heterocycles. The lowest BCUT2D eigenvalue weighted by atomic mass is 9.90. The first-order chi connectivity index (χ1) is 13.6. The normalized spacial score (nSPS) is 15.0. The third-order valence-corrected chi connectivity index (χ3v) is 5.26. The summed E-state index contributed by atoms with van der Waals surface area (Å²) < 4.78 is 0. The van der Waals surface area contributed by atoms with Gasteiger partial charge in [-0.1, -0.05) is 30.3 Å². The average Bonchev–Trinajstić information content (AvgIpc) is 2.72. The number of nitrogens with zero attached hydrogens (tertiary/aromatic N) is 4. The van der Waals surface area contributed by atoms with Crippen LogP contribution in [0.3, 0.4) is 0 Å². The maximum atomic E-state index is 12.3. The van der Waals surface area contributed by atoms with E-state index >= 15 is 0 Å². The summed E-state index contributed by atoms with van der Waals surface area (Å²) in [5.74, 6) is 1.44. The van der Waals surface area contributed by atoms with Crippen LogP contribution in [0.4, 0.5) is 5.82 Å². The first kappa shape index (κ1) is 20.3. The highest BCUT2D eigenvalue weighted by Crippen LogP contribution is 2.24. The number of hydrogen-bond acceptors (Lipinski definition) is 5. The van der Waals surface area contributed by atoms with Crippen LogP contribution in [0.25, 0.3) is 0 Å². The maximum Gasteiger partial charge on any atom is 0.270 e. The molecule has 0 saturated carbocycles. The first-order valence-electron chi connectivity index (χ1n) is 10.2. The van der Waals surface area contributed by atoms with E-state index in [1.807, 2.05) is 20.2 Å². The third-order valence-electron chi connectivity index (χ3n) is 5.26. The van der Waals surface area contributed by atoms with Gasteiger partial charge in [0.05, 0.1) is 0 Å². The minimum atomic E-state index is -0.124. The SMILES string of the molecule is CN(C)CCCNC(=O)c1cc(N2CCC(Cc3ccccc3)CC2)ncn1. The third kappa shape index (κ3) is 6.02. The van der Waals surface area contributed by atoms with Gasteiger partial charge in [-0.15, -0.1) is 0 Å². The Hall–Kier alpha value is -2.47. The Kier molecular flexibility index (Phi) is 7.37. The van der Waals surface area contributed by atoms with Crippen LogP contribution in [0.5, 0.6) is 0 Å². The van der Waals surface area contributed by atoms with Crippen molar-refractivity contribution in [3.05, 3.63) is 54.0 Å². The molecule has 0 atom stereocenters. The summed E-state index contributed by atoms with van der Waals surface area (Å²) in [6, 6.07) is 12.5. The highest BCUT2D eigenvalue weighted by Gasteiger charge is 2.21. The van der Waals surface area contributed by atoms with Gasteiger partial charge in [0.1, 0.15) is 17.8 Å². The van der Waals surface area contributed by atoms with E-state index in [-0.39, 0.29) is 5.91 Å². The van der Waals surface area contributed by atoms with Crippen LogP contribution in [-0.4, -0.2) is 61.0 Å². The molecule has 1 fully saturated rings. The molecule has 150 valence electrons. The molecule has 1 amide bonds. The van der Waals surface area contributed by atoms with E-state index in [9.17, 15) is 4.79 Å². The van der Waals surface area contributed by atoms with E-state index in [0.717, 1.165) is 51.1 Å². The smallest absolute Gasteiger partial charge is 0.270 e. The molecule has 2 heterocycles. The molecule has 0 bridgehead atoms. The quantitative estimate of drug-likeness (QED) is 0.712. The van der Waals surface area contributed by atoms with Crippen LogP contribution >= 0.6 is 0 Å². The van der Waals surface area contributed by atoms with Gasteiger partial charge in [-0.05, 0) is 57.8 Å². The van der Waals surface area contributed by atoms with Crippen molar-refractivity contribution >= 4 is 11.7 Å². The molecule has 6 heteroatoms. The standard InChI is InChI=1S/C22H31N5O/c1-26(2)12-6-11-23-22(28)20-16-21(25-17-24-20)27-13-9-19(10-14-27)15-18-7-4-3-5-8-18/h3-5,7-8,16-17,19H,6,9-15H2,1-2H3,(H,23,28). The molecule has 0 aliphatic carbocycles. The Morgan fingerprint density at radius 2 is 1.93 bits per heavy atom. The van der Waals surface area contributed by atoms with Gasteiger partial charge in [0, 0.05) is 25.7 Å². The van der Waals surface area contributed by atoms with Gasteiger partial charge < -0.3 is 15.1 Å². The predicted octanol–water partition coefficient (Wildman–Crippen LogP) is 2.62. The molecule has 1 aromatic carbocycles. The van der Waals surface area contributed by atoms with Crippen molar-refractivity contribution in [1.82, 2.24) is 20.2 Å². The van der Waals surface area contributed by atoms with Gasteiger partial charge in [0.15, 0.2) is 0 Å². The summed E-state index contributed by atoms with van der Waals surface area (Å²) in [6.07, 6.45) is 5.85. The molecule has 3 rings (SSSR count). The molecule has 2 aromatic rings. The Balaban J connectivity index is 1.49. The highest BCUT2D eigenvalue weighted by atomic mass is 16.1. The lowest BCUT2D eigenvalue weighted by molar-refractivity contribution is 0.0947. The highest BCUT2D eigenvalue weighted by molar-refractivity contribution is 5.92. The van der Waals surface area contributed by atoms with Gasteiger partial charge in [0.2, 0.25) is 0 Å². The number of amides is 1. The number of piperidine rings is 1. The Labute approximate surface area is 168 Å². The monoisotopic (exact) mass is 381 g/mol. The number of rotatable bonds is 8. The Morgan fingerprint density at radius 1 is 1.18 bits per heavy atom. The first-order valence-corrected chi connectivity index (χ1v) is 10.2.